The fourth-order valence-electron chi connectivity index (χ4n) is 3.03. The van der Waals surface area contributed by atoms with E-state index >= 15 is 0 Å². The number of carbonyl (C=O) groups is 1. The van der Waals surface area contributed by atoms with Gasteiger partial charge in [-0.05, 0) is 44.4 Å². The molecule has 0 bridgehead atoms. The van der Waals surface area contributed by atoms with E-state index in [9.17, 15) is 13.6 Å². The monoisotopic (exact) mass is 375 g/mol. The van der Waals surface area contributed by atoms with Gasteiger partial charge in [0, 0.05) is 37.8 Å². The summed E-state index contributed by atoms with van der Waals surface area (Å²) in [6.45, 7) is 4.62. The number of amides is 1. The molecule has 0 unspecified atom stereocenters. The van der Waals surface area contributed by atoms with E-state index in [0.29, 0.717) is 24.7 Å². The van der Waals surface area contributed by atoms with E-state index in [1.807, 2.05) is 13.0 Å². The first-order chi connectivity index (χ1) is 13.0. The van der Waals surface area contributed by atoms with Gasteiger partial charge in [-0.3, -0.25) is 4.79 Å². The van der Waals surface area contributed by atoms with Gasteiger partial charge in [0.25, 0.3) is 5.91 Å². The molecule has 0 atom stereocenters. The van der Waals surface area contributed by atoms with Crippen molar-refractivity contribution in [1.82, 2.24) is 15.3 Å². The third-order valence-electron chi connectivity index (χ3n) is 4.40. The minimum absolute atomic E-state index is 0.0826. The summed E-state index contributed by atoms with van der Waals surface area (Å²) in [6, 6.07) is 4.99. The minimum atomic E-state index is -1.04. The summed E-state index contributed by atoms with van der Waals surface area (Å²) in [5, 5.41) is 5.83. The molecule has 6 nitrogen and oxygen atoms in total. The Balaban J connectivity index is 1.51. The van der Waals surface area contributed by atoms with Crippen molar-refractivity contribution in [3.05, 3.63) is 47.3 Å². The molecule has 2 N–H and O–H groups in total. The van der Waals surface area contributed by atoms with Gasteiger partial charge in [-0.2, -0.15) is 0 Å². The van der Waals surface area contributed by atoms with Crippen LogP contribution in [0.1, 0.15) is 35.4 Å². The number of piperidine rings is 1. The molecular weight excluding hydrogens is 352 g/mol. The summed E-state index contributed by atoms with van der Waals surface area (Å²) in [6.07, 6.45) is 3.59. The Labute approximate surface area is 157 Å². The van der Waals surface area contributed by atoms with E-state index in [0.717, 1.165) is 31.0 Å². The molecule has 1 aromatic carbocycles. The largest absolute Gasteiger partial charge is 0.368 e. The molecule has 1 saturated heterocycles. The third kappa shape index (κ3) is 5.12. The summed E-state index contributed by atoms with van der Waals surface area (Å²) in [4.78, 5) is 23.1. The number of benzene rings is 1. The molecule has 3 rings (SSSR count). The van der Waals surface area contributed by atoms with E-state index < -0.39 is 17.5 Å². The molecule has 144 valence electrons. The van der Waals surface area contributed by atoms with Crippen LogP contribution in [0.4, 0.5) is 20.4 Å². The van der Waals surface area contributed by atoms with Crippen LogP contribution in [0, 0.1) is 18.6 Å². The predicted octanol–water partition coefficient (Wildman–Crippen LogP) is 2.90. The van der Waals surface area contributed by atoms with Crippen LogP contribution in [0.3, 0.4) is 0 Å². The molecule has 1 fully saturated rings. The molecule has 1 amide bonds. The highest BCUT2D eigenvalue weighted by Gasteiger charge is 2.14. The topological polar surface area (TPSA) is 70.2 Å². The van der Waals surface area contributed by atoms with E-state index in [2.05, 4.69) is 25.5 Å². The Bertz CT molecular complexity index is 809. The number of hydrogen-bond acceptors (Lipinski definition) is 5. The van der Waals surface area contributed by atoms with Gasteiger partial charge in [0.1, 0.15) is 17.5 Å². The number of anilines is 2. The predicted molar refractivity (Wildman–Crippen MR) is 100 cm³/mol. The zero-order valence-electron chi connectivity index (χ0n) is 15.3. The van der Waals surface area contributed by atoms with Gasteiger partial charge in [-0.15, -0.1) is 0 Å². The van der Waals surface area contributed by atoms with Crippen molar-refractivity contribution < 1.29 is 13.6 Å². The van der Waals surface area contributed by atoms with Crippen molar-refractivity contribution in [3.63, 3.8) is 0 Å². The number of aromatic nitrogens is 2. The lowest BCUT2D eigenvalue weighted by Crippen LogP contribution is -2.31. The van der Waals surface area contributed by atoms with Crippen LogP contribution < -0.4 is 15.5 Å². The molecule has 1 aromatic heterocycles. The number of nitrogens with zero attached hydrogens (tertiary/aromatic N) is 3. The third-order valence-corrected chi connectivity index (χ3v) is 4.40. The number of nitrogens with one attached hydrogen (secondary N) is 2. The molecule has 0 radical (unpaired) electrons. The van der Waals surface area contributed by atoms with Crippen LogP contribution in [0.2, 0.25) is 0 Å². The average Bonchev–Trinajstić information content (AvgIpc) is 2.67. The summed E-state index contributed by atoms with van der Waals surface area (Å²) >= 11 is 0. The van der Waals surface area contributed by atoms with Crippen molar-refractivity contribution in [2.45, 2.75) is 26.2 Å². The van der Waals surface area contributed by atoms with Crippen molar-refractivity contribution in [1.29, 1.82) is 0 Å². The zero-order chi connectivity index (χ0) is 19.2. The lowest BCUT2D eigenvalue weighted by atomic mass is 10.1. The van der Waals surface area contributed by atoms with E-state index in [4.69, 9.17) is 0 Å². The molecule has 27 heavy (non-hydrogen) atoms. The van der Waals surface area contributed by atoms with Crippen molar-refractivity contribution >= 4 is 17.5 Å². The summed E-state index contributed by atoms with van der Waals surface area (Å²) in [5.41, 5.74) is 0.0826. The average molecular weight is 375 g/mol. The van der Waals surface area contributed by atoms with Gasteiger partial charge in [-0.25, -0.2) is 18.7 Å². The maximum absolute atomic E-state index is 13.2. The molecule has 2 heterocycles. The molecule has 0 spiro atoms. The Morgan fingerprint density at radius 3 is 2.59 bits per heavy atom. The highest BCUT2D eigenvalue weighted by molar-refractivity contribution is 5.94. The number of hydrogen-bond donors (Lipinski definition) is 2. The van der Waals surface area contributed by atoms with Gasteiger partial charge in [0.2, 0.25) is 0 Å². The molecule has 8 heteroatoms. The van der Waals surface area contributed by atoms with Crippen LogP contribution >= 0.6 is 0 Å². The van der Waals surface area contributed by atoms with E-state index in [1.165, 1.54) is 25.3 Å². The first-order valence-electron chi connectivity index (χ1n) is 9.11. The molecular formula is C19H23F2N5O. The normalized spacial score (nSPS) is 14.1. The van der Waals surface area contributed by atoms with Crippen molar-refractivity contribution in [2.75, 3.05) is 36.4 Å². The Morgan fingerprint density at radius 2 is 1.85 bits per heavy atom. The maximum atomic E-state index is 13.2. The first-order valence-corrected chi connectivity index (χ1v) is 9.11. The summed E-state index contributed by atoms with van der Waals surface area (Å²) in [7, 11) is 0. The fraction of sp³-hybridized carbons (Fsp3) is 0.421. The van der Waals surface area contributed by atoms with Crippen LogP contribution in [0.15, 0.2) is 24.3 Å². The maximum Gasteiger partial charge on any atom is 0.251 e. The van der Waals surface area contributed by atoms with Gasteiger partial charge < -0.3 is 15.5 Å². The molecule has 1 aliphatic heterocycles. The summed E-state index contributed by atoms with van der Waals surface area (Å²) in [5.74, 6) is -0.171. The standard InChI is InChI=1S/C19H23F2N5O/c1-13-24-17(12-18(25-13)26-9-3-2-4-10-26)22-7-8-23-19(27)14-5-6-15(20)16(21)11-14/h5-6,11-12H,2-4,7-10H2,1H3,(H,23,27)(H,22,24,25). The Morgan fingerprint density at radius 1 is 1.07 bits per heavy atom. The fourth-order valence-corrected chi connectivity index (χ4v) is 3.03. The van der Waals surface area contributed by atoms with Crippen LogP contribution in [-0.4, -0.2) is 42.1 Å². The Kier molecular flexibility index (Phi) is 6.16. The van der Waals surface area contributed by atoms with Crippen LogP contribution in [0.25, 0.3) is 0 Å². The first kappa shape index (κ1) is 19.0. The zero-order valence-corrected chi connectivity index (χ0v) is 15.3. The minimum Gasteiger partial charge on any atom is -0.368 e. The van der Waals surface area contributed by atoms with Crippen molar-refractivity contribution in [2.24, 2.45) is 0 Å². The second kappa shape index (κ2) is 8.75. The molecule has 0 saturated carbocycles. The molecule has 0 aliphatic carbocycles. The molecule has 2 aromatic rings. The smallest absolute Gasteiger partial charge is 0.251 e. The lowest BCUT2D eigenvalue weighted by Gasteiger charge is -2.28. The Hall–Kier alpha value is -2.77. The van der Waals surface area contributed by atoms with E-state index in [-0.39, 0.29) is 5.56 Å². The summed E-state index contributed by atoms with van der Waals surface area (Å²) < 4.78 is 26.1. The van der Waals surface area contributed by atoms with Gasteiger partial charge in [-0.1, -0.05) is 0 Å². The molecule has 1 aliphatic rings. The lowest BCUT2D eigenvalue weighted by molar-refractivity contribution is 0.0954. The van der Waals surface area contributed by atoms with Gasteiger partial charge in [0.15, 0.2) is 11.6 Å². The van der Waals surface area contributed by atoms with Crippen LogP contribution in [-0.2, 0) is 0 Å². The number of aryl methyl sites for hydroxylation is 1. The SMILES string of the molecule is Cc1nc(NCCNC(=O)c2ccc(F)c(F)c2)cc(N2CCCCC2)n1. The van der Waals surface area contributed by atoms with Gasteiger partial charge in [0.05, 0.1) is 0 Å². The van der Waals surface area contributed by atoms with Gasteiger partial charge >= 0.3 is 0 Å². The number of halogens is 2. The number of carbonyl (C=O) groups excluding carboxylic acids is 1. The quantitative estimate of drug-likeness (QED) is 0.760. The van der Waals surface area contributed by atoms with Crippen molar-refractivity contribution in [3.8, 4) is 0 Å². The highest BCUT2D eigenvalue weighted by Crippen LogP contribution is 2.20. The highest BCUT2D eigenvalue weighted by atomic mass is 19.2. The number of rotatable bonds is 6. The van der Waals surface area contributed by atoms with Crippen LogP contribution in [0.5, 0.6) is 0 Å². The second-order valence-electron chi connectivity index (χ2n) is 6.52. The van der Waals surface area contributed by atoms with E-state index in [1.54, 1.807) is 0 Å². The second-order valence-corrected chi connectivity index (χ2v) is 6.52.